The Labute approximate surface area is 132 Å². The van der Waals surface area contributed by atoms with Gasteiger partial charge in [0, 0.05) is 0 Å². The Morgan fingerprint density at radius 1 is 1.30 bits per heavy atom. The van der Waals surface area contributed by atoms with Crippen molar-refractivity contribution in [3.8, 4) is 6.07 Å². The molecule has 5 heteroatoms. The van der Waals surface area contributed by atoms with Gasteiger partial charge in [0.1, 0.15) is 10.4 Å². The SMILES string of the molecule is CC(C#N)(CCc1ccccc1)O[Si](C)(C)CC(Cl)Cl. The molecule has 0 bridgehead atoms. The molecule has 0 spiro atoms. The number of nitriles is 1. The number of benzene rings is 1. The summed E-state index contributed by atoms with van der Waals surface area (Å²) in [5, 5.41) is 9.44. The molecule has 1 aromatic rings. The van der Waals surface area contributed by atoms with E-state index in [-0.39, 0.29) is 0 Å². The van der Waals surface area contributed by atoms with Gasteiger partial charge in [-0.05, 0) is 44.5 Å². The van der Waals surface area contributed by atoms with E-state index in [0.717, 1.165) is 6.42 Å². The molecule has 1 atom stereocenters. The quantitative estimate of drug-likeness (QED) is 0.525. The fourth-order valence-electron chi connectivity index (χ4n) is 2.18. The van der Waals surface area contributed by atoms with Gasteiger partial charge in [-0.15, -0.1) is 23.2 Å². The Kier molecular flexibility index (Phi) is 6.54. The van der Waals surface area contributed by atoms with Crippen molar-refractivity contribution in [1.82, 2.24) is 0 Å². The summed E-state index contributed by atoms with van der Waals surface area (Å²) in [7, 11) is -2.05. The molecule has 0 fully saturated rings. The minimum absolute atomic E-state index is 0.436. The van der Waals surface area contributed by atoms with Crippen LogP contribution in [0.2, 0.25) is 19.1 Å². The number of rotatable bonds is 7. The molecule has 1 aromatic carbocycles. The number of aryl methyl sites for hydroxylation is 1. The van der Waals surface area contributed by atoms with E-state index in [4.69, 9.17) is 27.6 Å². The van der Waals surface area contributed by atoms with Gasteiger partial charge in [-0.25, -0.2) is 0 Å². The zero-order chi connectivity index (χ0) is 15.2. The molecule has 2 nitrogen and oxygen atoms in total. The third-order valence-corrected chi connectivity index (χ3v) is 6.34. The van der Waals surface area contributed by atoms with Crippen LogP contribution in [0.3, 0.4) is 0 Å². The summed E-state index contributed by atoms with van der Waals surface area (Å²) in [4.78, 5) is -0.436. The molecule has 20 heavy (non-hydrogen) atoms. The Bertz CT molecular complexity index is 459. The van der Waals surface area contributed by atoms with Gasteiger partial charge in [0.25, 0.3) is 0 Å². The minimum atomic E-state index is -2.05. The highest BCUT2D eigenvalue weighted by Crippen LogP contribution is 2.28. The molecular formula is C15H21Cl2NOSi. The first-order chi connectivity index (χ1) is 9.26. The smallest absolute Gasteiger partial charge is 0.191 e. The van der Waals surface area contributed by atoms with Gasteiger partial charge in [0.15, 0.2) is 8.32 Å². The van der Waals surface area contributed by atoms with Gasteiger partial charge >= 0.3 is 0 Å². The first-order valence-corrected chi connectivity index (χ1v) is 10.7. The van der Waals surface area contributed by atoms with E-state index in [1.54, 1.807) is 0 Å². The molecule has 0 aromatic heterocycles. The second-order valence-electron chi connectivity index (χ2n) is 5.79. The van der Waals surface area contributed by atoms with E-state index in [1.807, 2.05) is 38.2 Å². The fourth-order valence-corrected chi connectivity index (χ4v) is 6.60. The van der Waals surface area contributed by atoms with Crippen LogP contribution in [0.1, 0.15) is 18.9 Å². The van der Waals surface area contributed by atoms with Crippen molar-refractivity contribution in [1.29, 1.82) is 5.26 Å². The lowest BCUT2D eigenvalue weighted by Crippen LogP contribution is -2.43. The van der Waals surface area contributed by atoms with Crippen molar-refractivity contribution >= 4 is 31.5 Å². The maximum Gasteiger partial charge on any atom is 0.191 e. The minimum Gasteiger partial charge on any atom is -0.400 e. The van der Waals surface area contributed by atoms with Crippen molar-refractivity contribution in [3.05, 3.63) is 35.9 Å². The molecule has 0 aliphatic carbocycles. The first-order valence-electron chi connectivity index (χ1n) is 6.70. The van der Waals surface area contributed by atoms with E-state index in [9.17, 15) is 5.26 Å². The van der Waals surface area contributed by atoms with Crippen LogP contribution in [-0.4, -0.2) is 18.8 Å². The average molecular weight is 330 g/mol. The molecule has 110 valence electrons. The number of alkyl halides is 2. The van der Waals surface area contributed by atoms with E-state index >= 15 is 0 Å². The highest BCUT2D eigenvalue weighted by atomic mass is 35.5. The van der Waals surface area contributed by atoms with E-state index in [2.05, 4.69) is 18.2 Å². The van der Waals surface area contributed by atoms with E-state index < -0.39 is 18.8 Å². The molecule has 0 saturated carbocycles. The summed E-state index contributed by atoms with van der Waals surface area (Å²) in [6.45, 7) is 5.94. The zero-order valence-electron chi connectivity index (χ0n) is 12.2. The van der Waals surface area contributed by atoms with E-state index in [0.29, 0.717) is 12.5 Å². The van der Waals surface area contributed by atoms with E-state index in [1.165, 1.54) is 5.56 Å². The van der Waals surface area contributed by atoms with Crippen LogP contribution in [0.5, 0.6) is 0 Å². The lowest BCUT2D eigenvalue weighted by atomic mass is 9.98. The lowest BCUT2D eigenvalue weighted by Gasteiger charge is -2.33. The van der Waals surface area contributed by atoms with Crippen LogP contribution in [0.15, 0.2) is 30.3 Å². The maximum atomic E-state index is 9.44. The predicted octanol–water partition coefficient (Wildman–Crippen LogP) is 4.93. The summed E-state index contributed by atoms with van der Waals surface area (Å²) in [5.74, 6) is 0. The fraction of sp³-hybridized carbons (Fsp3) is 0.533. The molecule has 1 unspecified atom stereocenters. The highest BCUT2D eigenvalue weighted by Gasteiger charge is 2.35. The zero-order valence-corrected chi connectivity index (χ0v) is 14.7. The summed E-state index contributed by atoms with van der Waals surface area (Å²) >= 11 is 11.7. The lowest BCUT2D eigenvalue weighted by molar-refractivity contribution is 0.128. The van der Waals surface area contributed by atoms with Crippen LogP contribution in [0, 0.1) is 11.3 Å². The topological polar surface area (TPSA) is 33.0 Å². The second kappa shape index (κ2) is 7.47. The molecule has 0 N–H and O–H groups in total. The highest BCUT2D eigenvalue weighted by molar-refractivity contribution is 6.73. The number of hydrogen-bond acceptors (Lipinski definition) is 2. The molecule has 0 aliphatic rings. The Hall–Kier alpha value is -0.533. The van der Waals surface area contributed by atoms with Gasteiger partial charge < -0.3 is 4.43 Å². The largest absolute Gasteiger partial charge is 0.400 e. The monoisotopic (exact) mass is 329 g/mol. The summed E-state index contributed by atoms with van der Waals surface area (Å²) in [5.41, 5.74) is 0.429. The Morgan fingerprint density at radius 3 is 2.40 bits per heavy atom. The Balaban J connectivity index is 2.65. The van der Waals surface area contributed by atoms with Gasteiger partial charge in [0.2, 0.25) is 0 Å². The normalized spacial score (nSPS) is 14.8. The standard InChI is InChI=1S/C15H21Cl2NOSi/c1-15(12-18,19-20(2,3)11-14(16)17)10-9-13-7-5-4-6-8-13/h4-8,14H,9-11H2,1-3H3. The second-order valence-corrected chi connectivity index (χ2v) is 11.2. The number of nitrogens with zero attached hydrogens (tertiary/aromatic N) is 1. The van der Waals surface area contributed by atoms with Crippen molar-refractivity contribution in [2.45, 2.75) is 49.3 Å². The van der Waals surface area contributed by atoms with Crippen molar-refractivity contribution < 1.29 is 4.43 Å². The van der Waals surface area contributed by atoms with Gasteiger partial charge in [-0.3, -0.25) is 0 Å². The number of hydrogen-bond donors (Lipinski definition) is 0. The van der Waals surface area contributed by atoms with Crippen LogP contribution in [0.4, 0.5) is 0 Å². The van der Waals surface area contributed by atoms with Crippen LogP contribution >= 0.6 is 23.2 Å². The molecule has 0 radical (unpaired) electrons. The molecule has 0 amide bonds. The predicted molar refractivity (Wildman–Crippen MR) is 87.6 cm³/mol. The third-order valence-electron chi connectivity index (χ3n) is 3.12. The summed E-state index contributed by atoms with van der Waals surface area (Å²) < 4.78 is 6.12. The first kappa shape index (κ1) is 17.5. The number of halogens is 2. The average Bonchev–Trinajstić information content (AvgIpc) is 2.35. The molecule has 1 rings (SSSR count). The molecule has 0 saturated heterocycles. The molecule has 0 heterocycles. The van der Waals surface area contributed by atoms with Crippen molar-refractivity contribution in [3.63, 3.8) is 0 Å². The summed E-state index contributed by atoms with van der Waals surface area (Å²) in [6.07, 6.45) is 1.49. The van der Waals surface area contributed by atoms with Crippen LogP contribution in [-0.2, 0) is 10.8 Å². The third kappa shape index (κ3) is 6.28. The molecular weight excluding hydrogens is 309 g/mol. The maximum absolute atomic E-state index is 9.44. The van der Waals surface area contributed by atoms with Crippen LogP contribution < -0.4 is 0 Å². The van der Waals surface area contributed by atoms with Crippen LogP contribution in [0.25, 0.3) is 0 Å². The van der Waals surface area contributed by atoms with Crippen molar-refractivity contribution in [2.75, 3.05) is 0 Å². The van der Waals surface area contributed by atoms with Gasteiger partial charge in [-0.1, -0.05) is 30.3 Å². The van der Waals surface area contributed by atoms with Gasteiger partial charge in [-0.2, -0.15) is 5.26 Å². The molecule has 0 aliphatic heterocycles. The van der Waals surface area contributed by atoms with Gasteiger partial charge in [0.05, 0.1) is 6.07 Å². The summed E-state index contributed by atoms with van der Waals surface area (Å²) in [6, 6.07) is 13.0. The Morgan fingerprint density at radius 2 is 1.90 bits per heavy atom. The van der Waals surface area contributed by atoms with Crippen molar-refractivity contribution in [2.24, 2.45) is 0 Å².